The van der Waals surface area contributed by atoms with Gasteiger partial charge < -0.3 is 30.0 Å². The van der Waals surface area contributed by atoms with Crippen LogP contribution in [0.25, 0.3) is 21.9 Å². The highest BCUT2D eigenvalue weighted by Crippen LogP contribution is 2.31. The van der Waals surface area contributed by atoms with Crippen LogP contribution in [-0.2, 0) is 49.8 Å². The number of para-hydroxylation sites is 1. The lowest BCUT2D eigenvalue weighted by atomic mass is 9.96. The van der Waals surface area contributed by atoms with Gasteiger partial charge in [-0.1, -0.05) is 42.5 Å². The minimum Gasteiger partial charge on any atom is -0.475 e. The summed E-state index contributed by atoms with van der Waals surface area (Å²) >= 11 is 0. The summed E-state index contributed by atoms with van der Waals surface area (Å²) in [7, 11) is 3.15. The number of aliphatic carboxylic acids is 2. The largest absolute Gasteiger partial charge is 0.490 e. The lowest BCUT2D eigenvalue weighted by molar-refractivity contribution is -0.193. The fraction of sp³-hybridized carbons (Fsp3) is 0.424. The van der Waals surface area contributed by atoms with Crippen molar-refractivity contribution in [1.82, 2.24) is 19.4 Å². The molecule has 0 bridgehead atoms. The number of alkyl halides is 6. The molecule has 0 saturated carbocycles. The molecule has 278 valence electrons. The molecule has 3 heterocycles. The highest BCUT2D eigenvalue weighted by Gasteiger charge is 2.39. The van der Waals surface area contributed by atoms with Crippen LogP contribution in [0.4, 0.5) is 32.2 Å². The highest BCUT2D eigenvalue weighted by atomic mass is 19.4. The molecule has 2 aromatic heterocycles. The number of halogens is 6. The van der Waals surface area contributed by atoms with Gasteiger partial charge in [-0.15, -0.1) is 0 Å². The van der Waals surface area contributed by atoms with Gasteiger partial charge in [-0.2, -0.15) is 26.3 Å². The Morgan fingerprint density at radius 3 is 2.06 bits per heavy atom. The molecule has 1 aliphatic rings. The third-order valence-corrected chi connectivity index (χ3v) is 7.83. The zero-order valence-corrected chi connectivity index (χ0v) is 27.6. The van der Waals surface area contributed by atoms with E-state index in [-0.39, 0.29) is 5.97 Å². The third kappa shape index (κ3) is 11.8. The predicted octanol–water partition coefficient (Wildman–Crippen LogP) is 5.25. The van der Waals surface area contributed by atoms with Crippen LogP contribution in [0.5, 0.6) is 0 Å². The number of pyridine rings is 1. The number of ether oxygens (including phenoxy) is 2. The maximum absolute atomic E-state index is 11.6. The van der Waals surface area contributed by atoms with E-state index in [2.05, 4.69) is 32.7 Å². The number of carbonyl (C=O) groups is 3. The van der Waals surface area contributed by atoms with Crippen LogP contribution >= 0.6 is 0 Å². The summed E-state index contributed by atoms with van der Waals surface area (Å²) in [4.78, 5) is 41.5. The number of likely N-dealkylation sites (tertiary alicyclic amines) is 1. The molecule has 2 aromatic carbocycles. The minimum atomic E-state index is -5.08. The van der Waals surface area contributed by atoms with Crippen molar-refractivity contribution >= 4 is 45.7 Å². The second kappa shape index (κ2) is 17.8. The van der Waals surface area contributed by atoms with Gasteiger partial charge in [0.2, 0.25) is 0 Å². The van der Waals surface area contributed by atoms with E-state index in [4.69, 9.17) is 40.0 Å². The molecule has 1 saturated heterocycles. The molecule has 12 nitrogen and oxygen atoms in total. The first-order chi connectivity index (χ1) is 23.9. The van der Waals surface area contributed by atoms with Crippen LogP contribution in [0, 0.1) is 5.92 Å². The molecule has 1 fully saturated rings. The monoisotopic (exact) mass is 729 g/mol. The van der Waals surface area contributed by atoms with Crippen molar-refractivity contribution < 1.29 is 60.4 Å². The Labute approximate surface area is 287 Å². The molecule has 0 unspecified atom stereocenters. The first-order valence-electron chi connectivity index (χ1n) is 15.4. The van der Waals surface area contributed by atoms with Crippen LogP contribution in [0.15, 0.2) is 48.5 Å². The number of carbonyl (C=O) groups excluding carboxylic acids is 1. The van der Waals surface area contributed by atoms with Crippen molar-refractivity contribution in [3.8, 4) is 0 Å². The van der Waals surface area contributed by atoms with Crippen LogP contribution in [0.1, 0.15) is 29.8 Å². The number of nitrogen functional groups attached to an aromatic ring is 1. The normalized spacial score (nSPS) is 14.0. The van der Waals surface area contributed by atoms with Crippen molar-refractivity contribution in [1.29, 1.82) is 0 Å². The number of anilines is 1. The topological polar surface area (TPSA) is 170 Å². The smallest absolute Gasteiger partial charge is 0.475 e. The minimum absolute atomic E-state index is 0.208. The molecule has 0 radical (unpaired) electrons. The summed E-state index contributed by atoms with van der Waals surface area (Å²) in [5.74, 6) is -3.68. The third-order valence-electron chi connectivity index (χ3n) is 7.83. The van der Waals surface area contributed by atoms with Crippen molar-refractivity contribution in [2.24, 2.45) is 5.92 Å². The molecular weight excluding hydrogens is 692 g/mol. The van der Waals surface area contributed by atoms with E-state index in [1.807, 2.05) is 30.3 Å². The Morgan fingerprint density at radius 2 is 1.49 bits per heavy atom. The molecule has 0 amide bonds. The molecular formula is C33H37F6N5O7. The molecule has 1 aliphatic heterocycles. The van der Waals surface area contributed by atoms with Gasteiger partial charge >= 0.3 is 30.3 Å². The Morgan fingerprint density at radius 1 is 0.902 bits per heavy atom. The van der Waals surface area contributed by atoms with Crippen molar-refractivity contribution in [2.45, 2.75) is 51.1 Å². The van der Waals surface area contributed by atoms with Gasteiger partial charge in [-0.05, 0) is 49.0 Å². The number of nitrogens with two attached hydrogens (primary N) is 1. The van der Waals surface area contributed by atoms with Gasteiger partial charge in [0.1, 0.15) is 11.3 Å². The Kier molecular flexibility index (Phi) is 14.1. The molecule has 0 atom stereocenters. The second-order valence-electron chi connectivity index (χ2n) is 11.5. The second-order valence-corrected chi connectivity index (χ2v) is 11.5. The lowest BCUT2D eigenvalue weighted by Crippen LogP contribution is -2.34. The Bertz CT molecular complexity index is 1780. The number of piperidine rings is 1. The van der Waals surface area contributed by atoms with Gasteiger partial charge in [-0.3, -0.25) is 9.69 Å². The van der Waals surface area contributed by atoms with Crippen LogP contribution < -0.4 is 5.73 Å². The molecule has 4 aromatic rings. The number of benzene rings is 2. The number of rotatable bonds is 9. The highest BCUT2D eigenvalue weighted by molar-refractivity contribution is 6.06. The summed E-state index contributed by atoms with van der Waals surface area (Å²) in [6.07, 6.45) is -6.89. The summed E-state index contributed by atoms with van der Waals surface area (Å²) in [5.41, 5.74) is 11.3. The molecule has 5 rings (SSSR count). The fourth-order valence-corrected chi connectivity index (χ4v) is 5.41. The summed E-state index contributed by atoms with van der Waals surface area (Å²) < 4.78 is 76.0. The van der Waals surface area contributed by atoms with Crippen LogP contribution in [-0.4, -0.2) is 93.8 Å². The van der Waals surface area contributed by atoms with Gasteiger partial charge in [-0.25, -0.2) is 19.6 Å². The first kappa shape index (κ1) is 40.5. The number of imidazole rings is 1. The average molecular weight is 730 g/mol. The van der Waals surface area contributed by atoms with E-state index < -0.39 is 24.3 Å². The molecule has 51 heavy (non-hydrogen) atoms. The van der Waals surface area contributed by atoms with Crippen molar-refractivity contribution in [3.05, 3.63) is 65.5 Å². The van der Waals surface area contributed by atoms with E-state index in [1.165, 1.54) is 12.7 Å². The van der Waals surface area contributed by atoms with E-state index in [0.29, 0.717) is 24.8 Å². The molecule has 0 spiro atoms. The molecule has 4 N–H and O–H groups in total. The van der Waals surface area contributed by atoms with Crippen LogP contribution in [0.2, 0.25) is 0 Å². The van der Waals surface area contributed by atoms with Crippen molar-refractivity contribution in [2.75, 3.05) is 39.6 Å². The first-order valence-corrected chi connectivity index (χ1v) is 15.4. The Balaban J connectivity index is 0.000000424. The lowest BCUT2D eigenvalue weighted by Gasteiger charge is -2.32. The van der Waals surface area contributed by atoms with E-state index in [1.54, 1.807) is 7.11 Å². The quantitative estimate of drug-likeness (QED) is 0.152. The fourth-order valence-electron chi connectivity index (χ4n) is 5.41. The maximum atomic E-state index is 11.6. The van der Waals surface area contributed by atoms with Crippen molar-refractivity contribution in [3.63, 3.8) is 0 Å². The molecule has 18 heteroatoms. The zero-order chi connectivity index (χ0) is 37.9. The number of hydrogen-bond acceptors (Lipinski definition) is 9. The number of esters is 1. The van der Waals surface area contributed by atoms with E-state index in [9.17, 15) is 31.1 Å². The van der Waals surface area contributed by atoms with E-state index in [0.717, 1.165) is 78.8 Å². The van der Waals surface area contributed by atoms with Crippen LogP contribution in [0.3, 0.4) is 0 Å². The average Bonchev–Trinajstić information content (AvgIpc) is 3.43. The summed E-state index contributed by atoms with van der Waals surface area (Å²) in [5, 5.41) is 15.3. The number of nitrogens with zero attached hydrogens (tertiary/aromatic N) is 4. The van der Waals surface area contributed by atoms with E-state index >= 15 is 0 Å². The standard InChI is InChI=1S/C29H35N5O3.2C2HF3O2/c1-36-15-12-25-32-27-28(23-8-3-4-9-24(23)31-29(27)30)34(25)19-20-10-13-33(14-11-20)18-22-7-5-6-21(16-22)17-26(35)37-2;2*3-2(4,5)1(6)7/h3-9,16,20H,10-15,17-19H2,1-2H3,(H2,30,31);2*(H,6,7). The summed E-state index contributed by atoms with van der Waals surface area (Å²) in [6, 6.07) is 16.4. The maximum Gasteiger partial charge on any atom is 0.490 e. The number of carboxylic acid groups (broad SMARTS) is 2. The zero-order valence-electron chi connectivity index (χ0n) is 27.6. The predicted molar refractivity (Wildman–Crippen MR) is 173 cm³/mol. The SMILES string of the molecule is COCCc1nc2c(N)nc3ccccc3c2n1CC1CCN(Cc2cccc(CC(=O)OC)c2)CC1.O=C(O)C(F)(F)F.O=C(O)C(F)(F)F. The van der Waals surface area contributed by atoms with Gasteiger partial charge in [0.15, 0.2) is 5.82 Å². The number of fused-ring (bicyclic) bond motifs is 3. The summed E-state index contributed by atoms with van der Waals surface area (Å²) in [6.45, 7) is 4.49. The van der Waals surface area contributed by atoms with Gasteiger partial charge in [0.25, 0.3) is 0 Å². The van der Waals surface area contributed by atoms with Gasteiger partial charge in [0, 0.05) is 32.0 Å². The molecule has 0 aliphatic carbocycles. The number of hydrogen-bond donors (Lipinski definition) is 3. The number of aromatic nitrogens is 3. The Hall–Kier alpha value is -4.97. The van der Waals surface area contributed by atoms with Gasteiger partial charge in [0.05, 0.1) is 31.2 Å². The number of carboxylic acids is 2. The number of methoxy groups -OCH3 is 2.